The van der Waals surface area contributed by atoms with Crippen LogP contribution in [-0.4, -0.2) is 58.3 Å². The summed E-state index contributed by atoms with van der Waals surface area (Å²) < 4.78 is 29.6. The molecule has 1 aromatic carbocycles. The first kappa shape index (κ1) is 24.1. The monoisotopic (exact) mass is 474 g/mol. The minimum Gasteiger partial charge on any atom is -0.378 e. The topological polar surface area (TPSA) is 123 Å². The van der Waals surface area contributed by atoms with E-state index in [0.29, 0.717) is 24.9 Å². The summed E-state index contributed by atoms with van der Waals surface area (Å²) in [6.45, 7) is 0.556. The normalized spacial score (nSPS) is 29.5. The molecule has 0 spiro atoms. The van der Waals surface area contributed by atoms with Gasteiger partial charge in [-0.1, -0.05) is 30.3 Å². The van der Waals surface area contributed by atoms with Crippen LogP contribution in [0.3, 0.4) is 0 Å². The highest BCUT2D eigenvalue weighted by atomic mass is 19.3. The lowest BCUT2D eigenvalue weighted by molar-refractivity contribution is -0.198. The van der Waals surface area contributed by atoms with Crippen LogP contribution < -0.4 is 10.6 Å². The van der Waals surface area contributed by atoms with E-state index in [0.717, 1.165) is 11.3 Å². The number of fused-ring (bicyclic) bond motifs is 3. The molecule has 1 saturated carbocycles. The highest BCUT2D eigenvalue weighted by molar-refractivity contribution is 5.91. The predicted molar refractivity (Wildman–Crippen MR) is 116 cm³/mol. The van der Waals surface area contributed by atoms with Gasteiger partial charge in [0.1, 0.15) is 12.1 Å². The Morgan fingerprint density at radius 1 is 1.26 bits per heavy atom. The maximum atomic E-state index is 14.8. The number of piperidine rings is 3. The van der Waals surface area contributed by atoms with Crippen LogP contribution in [0.2, 0.25) is 0 Å². The molecule has 182 valence electrons. The van der Waals surface area contributed by atoms with Crippen LogP contribution in [0.4, 0.5) is 8.78 Å². The zero-order valence-corrected chi connectivity index (χ0v) is 18.6. The van der Waals surface area contributed by atoms with Crippen LogP contribution in [0.5, 0.6) is 0 Å². The van der Waals surface area contributed by atoms with Crippen LogP contribution in [0, 0.1) is 23.2 Å². The predicted octanol–water partition coefficient (Wildman–Crippen LogP) is 1.66. The quantitative estimate of drug-likeness (QED) is 0.579. The van der Waals surface area contributed by atoms with Gasteiger partial charge in [-0.05, 0) is 37.7 Å². The van der Waals surface area contributed by atoms with Gasteiger partial charge in [0.15, 0.2) is 6.10 Å². The fourth-order valence-corrected chi connectivity index (χ4v) is 5.49. The van der Waals surface area contributed by atoms with Gasteiger partial charge in [-0.2, -0.15) is 5.26 Å². The van der Waals surface area contributed by atoms with Gasteiger partial charge in [0.05, 0.1) is 12.0 Å². The van der Waals surface area contributed by atoms with Gasteiger partial charge in [-0.3, -0.25) is 14.4 Å². The maximum Gasteiger partial charge on any atom is 0.256 e. The Morgan fingerprint density at radius 3 is 2.65 bits per heavy atom. The Balaban J connectivity index is 1.56. The number of benzene rings is 1. The summed E-state index contributed by atoms with van der Waals surface area (Å²) in [6.07, 6.45) is -0.419. The zero-order valence-electron chi connectivity index (χ0n) is 18.6. The molecule has 3 N–H and O–H groups in total. The van der Waals surface area contributed by atoms with Crippen molar-refractivity contribution in [2.24, 2.45) is 11.8 Å². The van der Waals surface area contributed by atoms with Gasteiger partial charge in [-0.15, -0.1) is 0 Å². The lowest BCUT2D eigenvalue weighted by atomic mass is 9.71. The van der Waals surface area contributed by atoms with Gasteiger partial charge in [0.25, 0.3) is 11.8 Å². The third-order valence-corrected chi connectivity index (χ3v) is 7.20. The number of nitrogens with one attached hydrogen (secondary N) is 2. The molecule has 3 aliphatic heterocycles. The number of aliphatic hydroxyl groups is 1. The molecule has 4 fully saturated rings. The first-order chi connectivity index (χ1) is 16.2. The lowest BCUT2D eigenvalue weighted by Gasteiger charge is -2.54. The molecular weight excluding hydrogens is 446 g/mol. The summed E-state index contributed by atoms with van der Waals surface area (Å²) in [5.41, 5.74) is 0.304. The number of amides is 3. The molecule has 8 nitrogen and oxygen atoms in total. The summed E-state index contributed by atoms with van der Waals surface area (Å²) >= 11 is 0. The van der Waals surface area contributed by atoms with Crippen molar-refractivity contribution in [3.8, 4) is 6.07 Å². The van der Waals surface area contributed by atoms with E-state index in [1.54, 1.807) is 30.3 Å². The van der Waals surface area contributed by atoms with E-state index < -0.39 is 60.2 Å². The second-order valence-corrected chi connectivity index (χ2v) is 9.36. The average Bonchev–Trinajstić information content (AvgIpc) is 2.83. The average molecular weight is 475 g/mol. The number of rotatable bonds is 6. The standard InChI is InChI=1S/C24H28F2N4O4/c25-24(26)12-17-8-9-18(24)19(30(17)23(34)20(31)14-5-2-1-3-6-14)22(33)29-16(13-27)11-15-7-4-10-28-21(15)32/h1-3,5-6,15-20,31H,4,7-12H2,(H,28,32)(H,29,33)/t15-,16+,17-,18-,19+,20+/m1/s1. The van der Waals surface area contributed by atoms with Crippen LogP contribution >= 0.6 is 0 Å². The molecule has 4 aliphatic rings. The number of hydrogen-bond acceptors (Lipinski definition) is 5. The minimum absolute atomic E-state index is 0.0587. The SMILES string of the molecule is N#C[C@H](C[C@H]1CCCNC1=O)NC(=O)[C@@H]1[C@H]2CC[C@H](CC2(F)F)N1C(=O)[C@@H](O)c1ccccc1. The Labute approximate surface area is 196 Å². The molecule has 1 aromatic rings. The molecule has 34 heavy (non-hydrogen) atoms. The molecule has 0 aromatic heterocycles. The highest BCUT2D eigenvalue weighted by Gasteiger charge is 2.61. The summed E-state index contributed by atoms with van der Waals surface area (Å²) in [4.78, 5) is 39.7. The second kappa shape index (κ2) is 9.66. The van der Waals surface area contributed by atoms with Crippen molar-refractivity contribution in [1.29, 1.82) is 5.26 Å². The fraction of sp³-hybridized carbons (Fsp3) is 0.583. The van der Waals surface area contributed by atoms with E-state index in [1.165, 1.54) is 0 Å². The maximum absolute atomic E-state index is 14.8. The molecule has 3 saturated heterocycles. The van der Waals surface area contributed by atoms with Crippen LogP contribution in [-0.2, 0) is 14.4 Å². The molecule has 2 bridgehead atoms. The summed E-state index contributed by atoms with van der Waals surface area (Å²) in [6, 6.07) is 6.58. The van der Waals surface area contributed by atoms with E-state index in [-0.39, 0.29) is 18.7 Å². The van der Waals surface area contributed by atoms with Crippen LogP contribution in [0.15, 0.2) is 30.3 Å². The van der Waals surface area contributed by atoms with Gasteiger partial charge < -0.3 is 20.6 Å². The van der Waals surface area contributed by atoms with E-state index >= 15 is 0 Å². The highest BCUT2D eigenvalue weighted by Crippen LogP contribution is 2.49. The van der Waals surface area contributed by atoms with Crippen molar-refractivity contribution in [3.05, 3.63) is 35.9 Å². The number of nitriles is 1. The molecule has 0 unspecified atom stereocenters. The number of nitrogens with zero attached hydrogens (tertiary/aromatic N) is 2. The molecule has 1 aliphatic carbocycles. The van der Waals surface area contributed by atoms with E-state index in [4.69, 9.17) is 0 Å². The van der Waals surface area contributed by atoms with Gasteiger partial charge in [-0.25, -0.2) is 8.78 Å². The van der Waals surface area contributed by atoms with Gasteiger partial charge >= 0.3 is 0 Å². The largest absolute Gasteiger partial charge is 0.378 e. The molecule has 3 amide bonds. The van der Waals surface area contributed by atoms with Crippen molar-refractivity contribution in [2.45, 2.75) is 68.7 Å². The molecule has 3 heterocycles. The molecule has 0 radical (unpaired) electrons. The number of halogens is 2. The van der Waals surface area contributed by atoms with Crippen molar-refractivity contribution >= 4 is 17.7 Å². The van der Waals surface area contributed by atoms with Crippen molar-refractivity contribution in [2.75, 3.05) is 6.54 Å². The van der Waals surface area contributed by atoms with E-state index in [9.17, 15) is 33.5 Å². The lowest BCUT2D eigenvalue weighted by Crippen LogP contribution is -2.69. The van der Waals surface area contributed by atoms with Crippen LogP contribution in [0.25, 0.3) is 0 Å². The number of alkyl halides is 2. The number of carbonyl (C=O) groups is 3. The van der Waals surface area contributed by atoms with E-state index in [2.05, 4.69) is 10.6 Å². The Hall–Kier alpha value is -3.06. The van der Waals surface area contributed by atoms with Gasteiger partial charge in [0.2, 0.25) is 11.8 Å². The Bertz CT molecular complexity index is 983. The number of carbonyl (C=O) groups excluding carboxylic acids is 3. The van der Waals surface area contributed by atoms with Gasteiger partial charge in [0, 0.05) is 24.9 Å². The van der Waals surface area contributed by atoms with E-state index in [1.807, 2.05) is 6.07 Å². The number of hydrogen-bond donors (Lipinski definition) is 3. The number of aliphatic hydroxyl groups excluding tert-OH is 1. The molecule has 5 rings (SSSR count). The first-order valence-corrected chi connectivity index (χ1v) is 11.6. The summed E-state index contributed by atoms with van der Waals surface area (Å²) in [5.74, 6) is -6.89. The minimum atomic E-state index is -3.15. The molecule has 6 atom stereocenters. The van der Waals surface area contributed by atoms with Crippen LogP contribution in [0.1, 0.15) is 50.2 Å². The van der Waals surface area contributed by atoms with Crippen molar-refractivity contribution in [3.63, 3.8) is 0 Å². The fourth-order valence-electron chi connectivity index (χ4n) is 5.49. The molecular formula is C24H28F2N4O4. The first-order valence-electron chi connectivity index (χ1n) is 11.6. The Kier molecular flexibility index (Phi) is 6.84. The summed E-state index contributed by atoms with van der Waals surface area (Å²) in [7, 11) is 0. The molecule has 10 heteroatoms. The zero-order chi connectivity index (χ0) is 24.5. The van der Waals surface area contributed by atoms with Crippen molar-refractivity contribution in [1.82, 2.24) is 15.5 Å². The third kappa shape index (κ3) is 4.62. The van der Waals surface area contributed by atoms with Crippen molar-refractivity contribution < 1.29 is 28.3 Å². The second-order valence-electron chi connectivity index (χ2n) is 9.36. The summed E-state index contributed by atoms with van der Waals surface area (Å²) in [5, 5.41) is 25.5. The smallest absolute Gasteiger partial charge is 0.256 e. The Morgan fingerprint density at radius 2 is 2.00 bits per heavy atom. The third-order valence-electron chi connectivity index (χ3n) is 7.20.